The Hall–Kier alpha value is -1.62. The number of pyridine rings is 1. The van der Waals surface area contributed by atoms with E-state index < -0.39 is 5.97 Å². The molecule has 1 saturated carbocycles. The van der Waals surface area contributed by atoms with Gasteiger partial charge in [-0.1, -0.05) is 12.5 Å². The summed E-state index contributed by atoms with van der Waals surface area (Å²) in [6, 6.07) is 3.83. The number of methoxy groups -OCH3 is 1. The van der Waals surface area contributed by atoms with Gasteiger partial charge in [0.2, 0.25) is 5.88 Å². The second-order valence-electron chi connectivity index (χ2n) is 4.94. The Kier molecular flexibility index (Phi) is 4.74. The summed E-state index contributed by atoms with van der Waals surface area (Å²) in [4.78, 5) is 15.2. The van der Waals surface area contributed by atoms with E-state index in [0.29, 0.717) is 12.4 Å². The normalized spacial score (nSPS) is 22.4. The number of carboxylic acids is 1. The lowest BCUT2D eigenvalue weighted by Gasteiger charge is -2.16. The molecule has 1 heterocycles. The van der Waals surface area contributed by atoms with Crippen molar-refractivity contribution < 1.29 is 14.6 Å². The molecule has 1 aliphatic rings. The summed E-state index contributed by atoms with van der Waals surface area (Å²) in [6.45, 7) is 1.38. The number of nitrogens with one attached hydrogen (secondary N) is 1. The fourth-order valence-electron chi connectivity index (χ4n) is 2.74. The zero-order valence-corrected chi connectivity index (χ0v) is 11.1. The quantitative estimate of drug-likeness (QED) is 0.818. The van der Waals surface area contributed by atoms with Gasteiger partial charge in [-0.3, -0.25) is 4.79 Å². The highest BCUT2D eigenvalue weighted by molar-refractivity contribution is 5.70. The Balaban J connectivity index is 1.85. The van der Waals surface area contributed by atoms with E-state index in [1.54, 1.807) is 13.3 Å². The van der Waals surface area contributed by atoms with E-state index in [2.05, 4.69) is 10.3 Å². The smallest absolute Gasteiger partial charge is 0.306 e. The first-order valence-electron chi connectivity index (χ1n) is 6.63. The van der Waals surface area contributed by atoms with Crippen LogP contribution in [0.15, 0.2) is 18.3 Å². The molecule has 5 nitrogen and oxygen atoms in total. The number of carboxylic acid groups (broad SMARTS) is 1. The molecule has 2 N–H and O–H groups in total. The average molecular weight is 264 g/mol. The van der Waals surface area contributed by atoms with Crippen molar-refractivity contribution in [3.05, 3.63) is 23.9 Å². The molecule has 2 atom stereocenters. The number of aromatic nitrogens is 1. The van der Waals surface area contributed by atoms with Gasteiger partial charge in [0.15, 0.2) is 0 Å². The van der Waals surface area contributed by atoms with Crippen LogP contribution in [0.5, 0.6) is 5.88 Å². The van der Waals surface area contributed by atoms with Gasteiger partial charge in [0.25, 0.3) is 0 Å². The predicted octanol–water partition coefficient (Wildman–Crippen LogP) is 1.68. The van der Waals surface area contributed by atoms with E-state index in [9.17, 15) is 4.79 Å². The van der Waals surface area contributed by atoms with E-state index >= 15 is 0 Å². The summed E-state index contributed by atoms with van der Waals surface area (Å²) < 4.78 is 5.18. The summed E-state index contributed by atoms with van der Waals surface area (Å²) in [5.41, 5.74) is 0.995. The Morgan fingerprint density at radius 1 is 1.58 bits per heavy atom. The number of nitrogens with zero attached hydrogens (tertiary/aromatic N) is 1. The highest BCUT2D eigenvalue weighted by Crippen LogP contribution is 2.31. The molecule has 0 saturated heterocycles. The van der Waals surface area contributed by atoms with Gasteiger partial charge in [-0.05, 0) is 31.4 Å². The molecule has 0 aliphatic heterocycles. The molecule has 1 aromatic rings. The second kappa shape index (κ2) is 6.52. The molecule has 0 spiro atoms. The Morgan fingerprint density at radius 3 is 3.16 bits per heavy atom. The Morgan fingerprint density at radius 2 is 2.42 bits per heavy atom. The lowest BCUT2D eigenvalue weighted by Crippen LogP contribution is -2.28. The van der Waals surface area contributed by atoms with Crippen molar-refractivity contribution in [3.63, 3.8) is 0 Å². The standard InChI is InChI=1S/C14H20N2O3/c1-19-13-11(5-3-7-16-13)9-15-8-10-4-2-6-12(10)14(17)18/h3,5,7,10,12,15H,2,4,6,8-9H2,1H3,(H,17,18). The van der Waals surface area contributed by atoms with Crippen molar-refractivity contribution >= 4 is 5.97 Å². The molecule has 19 heavy (non-hydrogen) atoms. The Labute approximate surface area is 113 Å². The van der Waals surface area contributed by atoms with Gasteiger partial charge in [-0.2, -0.15) is 0 Å². The van der Waals surface area contributed by atoms with Crippen LogP contribution in [0.2, 0.25) is 0 Å². The van der Waals surface area contributed by atoms with Crippen molar-refractivity contribution in [2.45, 2.75) is 25.8 Å². The fraction of sp³-hybridized carbons (Fsp3) is 0.571. The minimum Gasteiger partial charge on any atom is -0.481 e. The molecule has 5 heteroatoms. The van der Waals surface area contributed by atoms with Crippen molar-refractivity contribution in [1.29, 1.82) is 0 Å². The number of hydrogen-bond donors (Lipinski definition) is 2. The molecule has 0 radical (unpaired) electrons. The lowest BCUT2D eigenvalue weighted by molar-refractivity contribution is -0.142. The van der Waals surface area contributed by atoms with E-state index in [1.165, 1.54) is 0 Å². The summed E-state index contributed by atoms with van der Waals surface area (Å²) in [7, 11) is 1.60. The number of rotatable bonds is 6. The van der Waals surface area contributed by atoms with Crippen LogP contribution < -0.4 is 10.1 Å². The number of ether oxygens (including phenoxy) is 1. The molecule has 2 rings (SSSR count). The summed E-state index contributed by atoms with van der Waals surface area (Å²) in [5, 5.41) is 12.4. The van der Waals surface area contributed by atoms with E-state index in [1.807, 2.05) is 12.1 Å². The lowest BCUT2D eigenvalue weighted by atomic mass is 9.96. The van der Waals surface area contributed by atoms with Crippen LogP contribution in [0.3, 0.4) is 0 Å². The van der Waals surface area contributed by atoms with Crippen molar-refractivity contribution in [2.24, 2.45) is 11.8 Å². The fourth-order valence-corrected chi connectivity index (χ4v) is 2.74. The number of hydrogen-bond acceptors (Lipinski definition) is 4. The van der Waals surface area contributed by atoms with Crippen LogP contribution in [0, 0.1) is 11.8 Å². The predicted molar refractivity (Wildman–Crippen MR) is 71.0 cm³/mol. The van der Waals surface area contributed by atoms with Crippen molar-refractivity contribution in [3.8, 4) is 5.88 Å². The third kappa shape index (κ3) is 3.44. The van der Waals surface area contributed by atoms with Crippen LogP contribution in [-0.4, -0.2) is 29.7 Å². The molecule has 1 fully saturated rings. The van der Waals surface area contributed by atoms with E-state index in [-0.39, 0.29) is 11.8 Å². The van der Waals surface area contributed by atoms with Crippen LogP contribution in [0.1, 0.15) is 24.8 Å². The summed E-state index contributed by atoms with van der Waals surface area (Å²) in [5.74, 6) is 0.00271. The molecule has 0 bridgehead atoms. The maximum atomic E-state index is 11.1. The van der Waals surface area contributed by atoms with Crippen LogP contribution in [0.4, 0.5) is 0 Å². The topological polar surface area (TPSA) is 71.5 Å². The zero-order chi connectivity index (χ0) is 13.7. The minimum atomic E-state index is -0.664. The highest BCUT2D eigenvalue weighted by atomic mass is 16.5. The largest absolute Gasteiger partial charge is 0.481 e. The number of aliphatic carboxylic acids is 1. The van der Waals surface area contributed by atoms with Gasteiger partial charge in [0, 0.05) is 18.3 Å². The minimum absolute atomic E-state index is 0.191. The SMILES string of the molecule is COc1ncccc1CNCC1CCCC1C(=O)O. The molecule has 1 aromatic heterocycles. The number of carbonyl (C=O) groups is 1. The first kappa shape index (κ1) is 13.8. The van der Waals surface area contributed by atoms with Crippen LogP contribution in [-0.2, 0) is 11.3 Å². The molecule has 1 aliphatic carbocycles. The third-order valence-corrected chi connectivity index (χ3v) is 3.74. The van der Waals surface area contributed by atoms with E-state index in [0.717, 1.165) is 31.4 Å². The summed E-state index contributed by atoms with van der Waals surface area (Å²) in [6.07, 6.45) is 4.51. The molecule has 104 valence electrons. The maximum Gasteiger partial charge on any atom is 0.306 e. The van der Waals surface area contributed by atoms with Gasteiger partial charge < -0.3 is 15.2 Å². The first-order valence-corrected chi connectivity index (χ1v) is 6.63. The van der Waals surface area contributed by atoms with Crippen molar-refractivity contribution in [1.82, 2.24) is 10.3 Å². The molecule has 2 unspecified atom stereocenters. The zero-order valence-electron chi connectivity index (χ0n) is 11.1. The van der Waals surface area contributed by atoms with E-state index in [4.69, 9.17) is 9.84 Å². The van der Waals surface area contributed by atoms with Crippen LogP contribution in [0.25, 0.3) is 0 Å². The summed E-state index contributed by atoms with van der Waals surface area (Å²) >= 11 is 0. The second-order valence-corrected chi connectivity index (χ2v) is 4.94. The van der Waals surface area contributed by atoms with Gasteiger partial charge in [0.1, 0.15) is 0 Å². The van der Waals surface area contributed by atoms with Gasteiger partial charge >= 0.3 is 5.97 Å². The monoisotopic (exact) mass is 264 g/mol. The average Bonchev–Trinajstić information content (AvgIpc) is 2.88. The Bertz CT molecular complexity index is 436. The highest BCUT2D eigenvalue weighted by Gasteiger charge is 2.32. The first-order chi connectivity index (χ1) is 9.22. The van der Waals surface area contributed by atoms with Gasteiger partial charge in [-0.15, -0.1) is 0 Å². The third-order valence-electron chi connectivity index (χ3n) is 3.74. The molecule has 0 aromatic carbocycles. The molecular weight excluding hydrogens is 244 g/mol. The van der Waals surface area contributed by atoms with Crippen LogP contribution >= 0.6 is 0 Å². The molecular formula is C14H20N2O3. The van der Waals surface area contributed by atoms with Gasteiger partial charge in [-0.25, -0.2) is 4.98 Å². The molecule has 0 amide bonds. The van der Waals surface area contributed by atoms with Gasteiger partial charge in [0.05, 0.1) is 13.0 Å². The van der Waals surface area contributed by atoms with Crippen molar-refractivity contribution in [2.75, 3.05) is 13.7 Å². The maximum absolute atomic E-state index is 11.1.